The van der Waals surface area contributed by atoms with E-state index in [0.29, 0.717) is 19.5 Å². The molecule has 2 unspecified atom stereocenters. The second-order valence-corrected chi connectivity index (χ2v) is 4.39. The zero-order valence-electron chi connectivity index (χ0n) is 9.73. The first-order valence-corrected chi connectivity index (χ1v) is 5.26. The maximum atomic E-state index is 11.9. The van der Waals surface area contributed by atoms with Crippen LogP contribution in [0.5, 0.6) is 0 Å². The van der Waals surface area contributed by atoms with Gasteiger partial charge in [0.1, 0.15) is 6.10 Å². The first kappa shape index (κ1) is 12.9. The molecule has 0 aromatic rings. The number of methoxy groups -OCH3 is 1. The van der Waals surface area contributed by atoms with E-state index in [1.165, 1.54) is 7.11 Å². The van der Waals surface area contributed by atoms with Gasteiger partial charge in [-0.3, -0.25) is 9.59 Å². The summed E-state index contributed by atoms with van der Waals surface area (Å²) < 4.78 is 4.97. The molecule has 0 aromatic heterocycles. The normalized spacial score (nSPS) is 26.8. The molecule has 92 valence electrons. The lowest BCUT2D eigenvalue weighted by molar-refractivity contribution is -0.141. The van der Waals surface area contributed by atoms with Crippen LogP contribution in [0.15, 0.2) is 0 Å². The number of hydrogen-bond donors (Lipinski definition) is 2. The number of amides is 2. The van der Waals surface area contributed by atoms with Crippen molar-refractivity contribution >= 4 is 11.8 Å². The van der Waals surface area contributed by atoms with Crippen LogP contribution in [0.4, 0.5) is 0 Å². The molecule has 1 rings (SSSR count). The van der Waals surface area contributed by atoms with Crippen molar-refractivity contribution in [2.75, 3.05) is 26.7 Å². The van der Waals surface area contributed by atoms with Crippen molar-refractivity contribution in [3.63, 3.8) is 0 Å². The fourth-order valence-corrected chi connectivity index (χ4v) is 1.85. The number of rotatable bonds is 4. The minimum Gasteiger partial charge on any atom is -0.370 e. The van der Waals surface area contributed by atoms with Crippen molar-refractivity contribution in [2.24, 2.45) is 16.9 Å². The van der Waals surface area contributed by atoms with Crippen LogP contribution in [-0.4, -0.2) is 49.6 Å². The van der Waals surface area contributed by atoms with Crippen LogP contribution < -0.4 is 11.5 Å². The lowest BCUT2D eigenvalue weighted by atomic mass is 9.89. The van der Waals surface area contributed by atoms with Crippen LogP contribution in [0.25, 0.3) is 0 Å². The largest absolute Gasteiger partial charge is 0.370 e. The quantitative estimate of drug-likeness (QED) is 0.625. The minimum atomic E-state index is -0.629. The number of nitrogens with zero attached hydrogens (tertiary/aromatic N) is 1. The lowest BCUT2D eigenvalue weighted by Crippen LogP contribution is -2.45. The van der Waals surface area contributed by atoms with Crippen molar-refractivity contribution in [1.29, 1.82) is 0 Å². The molecule has 16 heavy (non-hydrogen) atoms. The third-order valence-electron chi connectivity index (χ3n) is 3.15. The Morgan fingerprint density at radius 2 is 2.19 bits per heavy atom. The predicted octanol–water partition coefficient (Wildman–Crippen LogP) is -1.32. The Kier molecular flexibility index (Phi) is 3.88. The van der Waals surface area contributed by atoms with Crippen molar-refractivity contribution in [3.8, 4) is 0 Å². The van der Waals surface area contributed by atoms with Gasteiger partial charge in [-0.2, -0.15) is 0 Å². The first-order chi connectivity index (χ1) is 7.44. The van der Waals surface area contributed by atoms with Gasteiger partial charge in [0.15, 0.2) is 0 Å². The Bertz CT molecular complexity index is 291. The smallest absolute Gasteiger partial charge is 0.253 e. The van der Waals surface area contributed by atoms with Crippen LogP contribution in [0.2, 0.25) is 0 Å². The molecule has 4 N–H and O–H groups in total. The lowest BCUT2D eigenvalue weighted by Gasteiger charge is -2.23. The molecule has 0 radical (unpaired) electrons. The Balaban J connectivity index is 2.66. The summed E-state index contributed by atoms with van der Waals surface area (Å²) in [6.45, 7) is 2.78. The van der Waals surface area contributed by atoms with Crippen molar-refractivity contribution in [3.05, 3.63) is 0 Å². The first-order valence-electron chi connectivity index (χ1n) is 5.26. The van der Waals surface area contributed by atoms with E-state index in [9.17, 15) is 9.59 Å². The van der Waals surface area contributed by atoms with Gasteiger partial charge in [-0.1, -0.05) is 0 Å². The summed E-state index contributed by atoms with van der Waals surface area (Å²) >= 11 is 0. The molecule has 6 heteroatoms. The number of hydrogen-bond acceptors (Lipinski definition) is 4. The van der Waals surface area contributed by atoms with Crippen LogP contribution in [0.3, 0.4) is 0 Å². The van der Waals surface area contributed by atoms with Crippen molar-refractivity contribution < 1.29 is 14.3 Å². The van der Waals surface area contributed by atoms with E-state index in [1.807, 2.05) is 0 Å². The standard InChI is InChI=1S/C10H19N3O3/c1-10(9(12)15)3-4-13(6-10)8(14)7(5-11)16-2/h7H,3-6,11H2,1-2H3,(H2,12,15). The molecule has 0 bridgehead atoms. The van der Waals surface area contributed by atoms with Crippen molar-refractivity contribution in [2.45, 2.75) is 19.4 Å². The van der Waals surface area contributed by atoms with E-state index in [-0.39, 0.29) is 18.4 Å². The maximum Gasteiger partial charge on any atom is 0.253 e. The molecule has 0 aliphatic carbocycles. The van der Waals surface area contributed by atoms with Gasteiger partial charge in [-0.05, 0) is 13.3 Å². The van der Waals surface area contributed by atoms with Gasteiger partial charge in [0, 0.05) is 26.7 Å². The summed E-state index contributed by atoms with van der Waals surface area (Å²) in [5, 5.41) is 0. The molecule has 0 saturated carbocycles. The highest BCUT2D eigenvalue weighted by molar-refractivity contribution is 5.85. The van der Waals surface area contributed by atoms with E-state index in [1.54, 1.807) is 11.8 Å². The molecule has 1 fully saturated rings. The summed E-state index contributed by atoms with van der Waals surface area (Å²) in [6, 6.07) is 0. The SMILES string of the molecule is COC(CN)C(=O)N1CCC(C)(C(N)=O)C1. The molecule has 1 aliphatic rings. The van der Waals surface area contributed by atoms with Gasteiger partial charge < -0.3 is 21.1 Å². The van der Waals surface area contributed by atoms with E-state index in [2.05, 4.69) is 0 Å². The molecule has 0 spiro atoms. The number of carbonyl (C=O) groups excluding carboxylic acids is 2. The molecule has 2 atom stereocenters. The summed E-state index contributed by atoms with van der Waals surface area (Å²) in [5.41, 5.74) is 10.1. The molecule has 1 saturated heterocycles. The number of likely N-dealkylation sites (tertiary alicyclic amines) is 1. The van der Waals surface area contributed by atoms with Crippen LogP contribution in [-0.2, 0) is 14.3 Å². The second-order valence-electron chi connectivity index (χ2n) is 4.39. The molecule has 2 amide bonds. The third-order valence-corrected chi connectivity index (χ3v) is 3.15. The van der Waals surface area contributed by atoms with Gasteiger partial charge in [0.2, 0.25) is 5.91 Å². The number of nitrogens with two attached hydrogens (primary N) is 2. The molecule has 1 heterocycles. The minimum absolute atomic E-state index is 0.138. The fourth-order valence-electron chi connectivity index (χ4n) is 1.85. The highest BCUT2D eigenvalue weighted by Crippen LogP contribution is 2.29. The number of carbonyl (C=O) groups is 2. The molecule has 1 aliphatic heterocycles. The van der Waals surface area contributed by atoms with Gasteiger partial charge in [-0.15, -0.1) is 0 Å². The van der Waals surface area contributed by atoms with E-state index < -0.39 is 11.5 Å². The summed E-state index contributed by atoms with van der Waals surface area (Å²) in [4.78, 5) is 24.7. The fraction of sp³-hybridized carbons (Fsp3) is 0.800. The van der Waals surface area contributed by atoms with Gasteiger partial charge >= 0.3 is 0 Å². The Morgan fingerprint density at radius 1 is 1.56 bits per heavy atom. The van der Waals surface area contributed by atoms with Gasteiger partial charge in [0.05, 0.1) is 5.41 Å². The Morgan fingerprint density at radius 3 is 2.56 bits per heavy atom. The van der Waals surface area contributed by atoms with E-state index in [0.717, 1.165) is 0 Å². The second kappa shape index (κ2) is 4.80. The average Bonchev–Trinajstić information content (AvgIpc) is 2.64. The van der Waals surface area contributed by atoms with Crippen LogP contribution in [0, 0.1) is 5.41 Å². The zero-order valence-corrected chi connectivity index (χ0v) is 9.73. The topological polar surface area (TPSA) is 98.7 Å². The van der Waals surface area contributed by atoms with Gasteiger partial charge in [-0.25, -0.2) is 0 Å². The zero-order chi connectivity index (χ0) is 12.3. The summed E-state index contributed by atoms with van der Waals surface area (Å²) in [7, 11) is 1.44. The Hall–Kier alpha value is -1.14. The highest BCUT2D eigenvalue weighted by atomic mass is 16.5. The highest BCUT2D eigenvalue weighted by Gasteiger charge is 2.41. The summed E-state index contributed by atoms with van der Waals surface area (Å²) in [5.74, 6) is -0.542. The monoisotopic (exact) mass is 229 g/mol. The number of ether oxygens (including phenoxy) is 1. The van der Waals surface area contributed by atoms with Crippen molar-refractivity contribution in [1.82, 2.24) is 4.90 Å². The summed E-state index contributed by atoms with van der Waals surface area (Å²) in [6.07, 6.45) is -0.0371. The van der Waals surface area contributed by atoms with Crippen LogP contribution in [0.1, 0.15) is 13.3 Å². The molecule has 0 aromatic carbocycles. The molecular formula is C10H19N3O3. The van der Waals surface area contributed by atoms with Gasteiger partial charge in [0.25, 0.3) is 5.91 Å². The van der Waals surface area contributed by atoms with E-state index >= 15 is 0 Å². The van der Waals surface area contributed by atoms with Crippen LogP contribution >= 0.6 is 0 Å². The predicted molar refractivity (Wildman–Crippen MR) is 58.3 cm³/mol. The Labute approximate surface area is 94.9 Å². The maximum absolute atomic E-state index is 11.9. The molecular weight excluding hydrogens is 210 g/mol. The average molecular weight is 229 g/mol. The molecule has 6 nitrogen and oxygen atoms in total. The third kappa shape index (κ3) is 2.33. The number of primary amides is 1. The van der Waals surface area contributed by atoms with E-state index in [4.69, 9.17) is 16.2 Å².